The summed E-state index contributed by atoms with van der Waals surface area (Å²) < 4.78 is 11.7. The van der Waals surface area contributed by atoms with Crippen molar-refractivity contribution in [3.8, 4) is 0 Å². The molecule has 2 heterocycles. The van der Waals surface area contributed by atoms with Crippen LogP contribution in [0.2, 0.25) is 0 Å². The van der Waals surface area contributed by atoms with Gasteiger partial charge in [0.25, 0.3) is 0 Å². The highest BCUT2D eigenvalue weighted by molar-refractivity contribution is 7.99. The van der Waals surface area contributed by atoms with E-state index in [4.69, 9.17) is 9.47 Å². The predicted octanol–water partition coefficient (Wildman–Crippen LogP) is 3.08. The molecule has 3 nitrogen and oxygen atoms in total. The third kappa shape index (κ3) is 4.36. The van der Waals surface area contributed by atoms with E-state index in [1.807, 2.05) is 0 Å². The molecule has 0 saturated carbocycles. The molecule has 2 aliphatic rings. The summed E-state index contributed by atoms with van der Waals surface area (Å²) in [7, 11) is 2.12. The van der Waals surface area contributed by atoms with Crippen LogP contribution < -0.4 is 5.32 Å². The van der Waals surface area contributed by atoms with Crippen molar-refractivity contribution < 1.29 is 9.47 Å². The zero-order valence-corrected chi connectivity index (χ0v) is 14.1. The molecule has 0 aromatic heterocycles. The third-order valence-corrected chi connectivity index (χ3v) is 6.46. The lowest BCUT2D eigenvalue weighted by atomic mass is 9.78. The molecule has 1 spiro atoms. The molecule has 0 bridgehead atoms. The SMILES string of the molecule is CCC(C)SCC(NC)C1CCOC2(CCOCC2)C1. The standard InChI is InChI=1S/C16H31NO2S/c1-4-13(2)20-12-15(17-3)14-5-8-19-16(11-14)6-9-18-10-7-16/h13-15,17H,4-12H2,1-3H3. The summed E-state index contributed by atoms with van der Waals surface area (Å²) in [5.74, 6) is 1.98. The van der Waals surface area contributed by atoms with Gasteiger partial charge in [-0.25, -0.2) is 0 Å². The molecule has 2 aliphatic heterocycles. The Hall–Kier alpha value is 0.230. The van der Waals surface area contributed by atoms with Gasteiger partial charge in [-0.2, -0.15) is 11.8 Å². The fraction of sp³-hybridized carbons (Fsp3) is 1.00. The highest BCUT2D eigenvalue weighted by atomic mass is 32.2. The number of ether oxygens (including phenoxy) is 2. The Morgan fingerprint density at radius 3 is 2.70 bits per heavy atom. The fourth-order valence-corrected chi connectivity index (χ4v) is 4.55. The van der Waals surface area contributed by atoms with E-state index in [1.54, 1.807) is 0 Å². The molecule has 20 heavy (non-hydrogen) atoms. The van der Waals surface area contributed by atoms with E-state index in [9.17, 15) is 0 Å². The van der Waals surface area contributed by atoms with E-state index in [-0.39, 0.29) is 5.60 Å². The molecule has 2 saturated heterocycles. The molecule has 0 radical (unpaired) electrons. The highest BCUT2D eigenvalue weighted by Gasteiger charge is 2.40. The number of hydrogen-bond donors (Lipinski definition) is 1. The van der Waals surface area contributed by atoms with Crippen molar-refractivity contribution in [2.45, 2.75) is 62.8 Å². The van der Waals surface area contributed by atoms with Gasteiger partial charge < -0.3 is 14.8 Å². The Bertz CT molecular complexity index is 276. The van der Waals surface area contributed by atoms with Gasteiger partial charge in [-0.1, -0.05) is 13.8 Å². The summed E-state index contributed by atoms with van der Waals surface area (Å²) in [6.45, 7) is 7.28. The molecule has 3 atom stereocenters. The number of thioether (sulfide) groups is 1. The van der Waals surface area contributed by atoms with E-state index >= 15 is 0 Å². The predicted molar refractivity (Wildman–Crippen MR) is 86.5 cm³/mol. The van der Waals surface area contributed by atoms with Crippen LogP contribution >= 0.6 is 11.8 Å². The quantitative estimate of drug-likeness (QED) is 0.817. The van der Waals surface area contributed by atoms with Crippen LogP contribution in [0.15, 0.2) is 0 Å². The summed E-state index contributed by atoms with van der Waals surface area (Å²) >= 11 is 2.11. The molecule has 118 valence electrons. The Balaban J connectivity index is 1.88. The molecule has 2 fully saturated rings. The molecule has 3 unspecified atom stereocenters. The van der Waals surface area contributed by atoms with Crippen LogP contribution in [0, 0.1) is 5.92 Å². The van der Waals surface area contributed by atoms with Crippen LogP contribution in [-0.2, 0) is 9.47 Å². The first-order valence-electron chi connectivity index (χ1n) is 8.19. The van der Waals surface area contributed by atoms with E-state index in [1.165, 1.54) is 25.0 Å². The van der Waals surface area contributed by atoms with Crippen molar-refractivity contribution in [2.75, 3.05) is 32.6 Å². The van der Waals surface area contributed by atoms with Crippen LogP contribution in [0.25, 0.3) is 0 Å². The molecule has 0 amide bonds. The molecule has 4 heteroatoms. The van der Waals surface area contributed by atoms with Gasteiger partial charge >= 0.3 is 0 Å². The molecular weight excluding hydrogens is 270 g/mol. The number of rotatable bonds is 6. The second kappa shape index (κ2) is 8.02. The first-order chi connectivity index (χ1) is 9.69. The minimum atomic E-state index is 0.122. The Labute approximate surface area is 128 Å². The molecular formula is C16H31NO2S. The van der Waals surface area contributed by atoms with E-state index in [0.29, 0.717) is 6.04 Å². The normalized spacial score (nSPS) is 29.2. The highest BCUT2D eigenvalue weighted by Crippen LogP contribution is 2.38. The molecule has 0 aromatic rings. The lowest BCUT2D eigenvalue weighted by Gasteiger charge is -2.45. The fourth-order valence-electron chi connectivity index (χ4n) is 3.34. The third-order valence-electron chi connectivity index (χ3n) is 5.01. The maximum atomic E-state index is 6.16. The first kappa shape index (κ1) is 16.6. The van der Waals surface area contributed by atoms with Crippen molar-refractivity contribution in [1.29, 1.82) is 0 Å². The van der Waals surface area contributed by atoms with Gasteiger partial charge in [0.15, 0.2) is 0 Å². The average Bonchev–Trinajstić information content (AvgIpc) is 2.48. The van der Waals surface area contributed by atoms with Crippen molar-refractivity contribution >= 4 is 11.8 Å². The zero-order valence-electron chi connectivity index (χ0n) is 13.3. The zero-order chi connectivity index (χ0) is 14.4. The molecule has 0 aromatic carbocycles. The second-order valence-corrected chi connectivity index (χ2v) is 7.82. The van der Waals surface area contributed by atoms with Crippen molar-refractivity contribution in [3.63, 3.8) is 0 Å². The van der Waals surface area contributed by atoms with Crippen LogP contribution in [-0.4, -0.2) is 49.5 Å². The van der Waals surface area contributed by atoms with Crippen molar-refractivity contribution in [1.82, 2.24) is 5.32 Å². The van der Waals surface area contributed by atoms with Gasteiger partial charge in [0.2, 0.25) is 0 Å². The smallest absolute Gasteiger partial charge is 0.0729 e. The van der Waals surface area contributed by atoms with Gasteiger partial charge in [0.1, 0.15) is 0 Å². The molecule has 0 aliphatic carbocycles. The van der Waals surface area contributed by atoms with Crippen molar-refractivity contribution in [2.24, 2.45) is 5.92 Å². The molecule has 1 N–H and O–H groups in total. The summed E-state index contributed by atoms with van der Waals surface area (Å²) in [6, 6.07) is 0.623. The van der Waals surface area contributed by atoms with E-state index in [2.05, 4.69) is 38.0 Å². The minimum absolute atomic E-state index is 0.122. The van der Waals surface area contributed by atoms with Gasteiger partial charge in [-0.05, 0) is 45.1 Å². The Morgan fingerprint density at radius 1 is 1.30 bits per heavy atom. The van der Waals surface area contributed by atoms with Gasteiger partial charge in [-0.15, -0.1) is 0 Å². The van der Waals surface area contributed by atoms with Crippen LogP contribution in [0.5, 0.6) is 0 Å². The van der Waals surface area contributed by atoms with Crippen LogP contribution in [0.4, 0.5) is 0 Å². The summed E-state index contributed by atoms with van der Waals surface area (Å²) in [5, 5.41) is 4.33. The number of hydrogen-bond acceptors (Lipinski definition) is 4. The topological polar surface area (TPSA) is 30.5 Å². The summed E-state index contributed by atoms with van der Waals surface area (Å²) in [5.41, 5.74) is 0.122. The van der Waals surface area contributed by atoms with Gasteiger partial charge in [0, 0.05) is 36.9 Å². The van der Waals surface area contributed by atoms with Crippen LogP contribution in [0.3, 0.4) is 0 Å². The maximum absolute atomic E-state index is 6.16. The lowest BCUT2D eigenvalue weighted by molar-refractivity contribution is -0.149. The van der Waals surface area contributed by atoms with Gasteiger partial charge in [0.05, 0.1) is 5.60 Å². The summed E-state index contributed by atoms with van der Waals surface area (Å²) in [6.07, 6.45) is 5.84. The Kier molecular flexibility index (Phi) is 6.66. The van der Waals surface area contributed by atoms with E-state index < -0.39 is 0 Å². The summed E-state index contributed by atoms with van der Waals surface area (Å²) in [4.78, 5) is 0. The van der Waals surface area contributed by atoms with Crippen molar-refractivity contribution in [3.05, 3.63) is 0 Å². The molecule has 2 rings (SSSR count). The average molecular weight is 301 g/mol. The second-order valence-electron chi connectivity index (χ2n) is 6.34. The largest absolute Gasteiger partial charge is 0.381 e. The Morgan fingerprint density at radius 2 is 2.05 bits per heavy atom. The lowest BCUT2D eigenvalue weighted by Crippen LogP contribution is -2.49. The van der Waals surface area contributed by atoms with Gasteiger partial charge in [-0.3, -0.25) is 0 Å². The van der Waals surface area contributed by atoms with Crippen LogP contribution in [0.1, 0.15) is 46.0 Å². The monoisotopic (exact) mass is 301 g/mol. The maximum Gasteiger partial charge on any atom is 0.0729 e. The number of nitrogens with one attached hydrogen (secondary N) is 1. The first-order valence-corrected chi connectivity index (χ1v) is 9.24. The minimum Gasteiger partial charge on any atom is -0.381 e. The van der Waals surface area contributed by atoms with E-state index in [0.717, 1.165) is 43.8 Å².